The maximum Gasteiger partial charge on any atom is 0.426 e. The lowest BCUT2D eigenvalue weighted by atomic mass is 10.2. The number of ether oxygens (including phenoxy) is 1. The van der Waals surface area contributed by atoms with Gasteiger partial charge in [0.2, 0.25) is 5.13 Å². The van der Waals surface area contributed by atoms with Crippen molar-refractivity contribution in [3.05, 3.63) is 27.7 Å². The SMILES string of the molecule is Cc1cccc(-c2nc(N(C(=O)O)C(=O)OC(C)(C)C)sc2Br)n1. The van der Waals surface area contributed by atoms with Gasteiger partial charge in [-0.3, -0.25) is 4.98 Å². The third-order valence-electron chi connectivity index (χ3n) is 2.66. The third-order valence-corrected chi connectivity index (χ3v) is 4.35. The summed E-state index contributed by atoms with van der Waals surface area (Å²) in [7, 11) is 0. The van der Waals surface area contributed by atoms with E-state index in [2.05, 4.69) is 25.9 Å². The van der Waals surface area contributed by atoms with Gasteiger partial charge in [-0.25, -0.2) is 14.6 Å². The molecular weight excluding hydrogens is 398 g/mol. The number of rotatable bonds is 2. The zero-order valence-corrected chi connectivity index (χ0v) is 15.9. The highest BCUT2D eigenvalue weighted by Crippen LogP contribution is 2.37. The number of hydrogen-bond donors (Lipinski definition) is 1. The van der Waals surface area contributed by atoms with Crippen molar-refractivity contribution in [3.63, 3.8) is 0 Å². The maximum atomic E-state index is 12.2. The molecule has 0 aliphatic rings. The summed E-state index contributed by atoms with van der Waals surface area (Å²) in [4.78, 5) is 32.8. The van der Waals surface area contributed by atoms with E-state index in [1.165, 1.54) is 0 Å². The van der Waals surface area contributed by atoms with Gasteiger partial charge in [0, 0.05) is 5.69 Å². The smallest absolute Gasteiger partial charge is 0.426 e. The van der Waals surface area contributed by atoms with Gasteiger partial charge in [-0.2, -0.15) is 4.90 Å². The van der Waals surface area contributed by atoms with Crippen molar-refractivity contribution < 1.29 is 19.4 Å². The Morgan fingerprint density at radius 1 is 1.29 bits per heavy atom. The van der Waals surface area contributed by atoms with Crippen LogP contribution in [0.1, 0.15) is 26.5 Å². The van der Waals surface area contributed by atoms with E-state index in [9.17, 15) is 14.7 Å². The average molecular weight is 414 g/mol. The summed E-state index contributed by atoms with van der Waals surface area (Å²) in [5, 5.41) is 9.36. The molecule has 24 heavy (non-hydrogen) atoms. The second kappa shape index (κ2) is 6.86. The van der Waals surface area contributed by atoms with Gasteiger partial charge < -0.3 is 9.84 Å². The van der Waals surface area contributed by atoms with E-state index in [-0.39, 0.29) is 5.13 Å². The van der Waals surface area contributed by atoms with Crippen LogP contribution in [-0.4, -0.2) is 32.9 Å². The van der Waals surface area contributed by atoms with Crippen LogP contribution in [0.15, 0.2) is 22.0 Å². The Morgan fingerprint density at radius 2 is 1.96 bits per heavy atom. The molecule has 0 aliphatic heterocycles. The van der Waals surface area contributed by atoms with E-state index >= 15 is 0 Å². The number of nitrogens with zero attached hydrogens (tertiary/aromatic N) is 3. The summed E-state index contributed by atoms with van der Waals surface area (Å²) >= 11 is 4.37. The second-order valence-electron chi connectivity index (χ2n) is 5.88. The number of halogens is 1. The zero-order valence-electron chi connectivity index (χ0n) is 13.5. The fourth-order valence-electron chi connectivity index (χ4n) is 1.77. The molecule has 0 bridgehead atoms. The standard InChI is InChI=1S/C15H16BrN3O4S/c1-8-6-5-7-9(17-8)10-11(16)24-12(18-10)19(13(20)21)14(22)23-15(2,3)4/h5-7H,1-4H3,(H,20,21). The molecular formula is C15H16BrN3O4S. The first-order valence-electron chi connectivity index (χ1n) is 6.95. The van der Waals surface area contributed by atoms with Crippen molar-refractivity contribution in [2.45, 2.75) is 33.3 Å². The van der Waals surface area contributed by atoms with Gasteiger partial charge in [0.15, 0.2) is 0 Å². The molecule has 7 nitrogen and oxygen atoms in total. The predicted molar refractivity (Wildman–Crippen MR) is 94.5 cm³/mol. The number of aryl methyl sites for hydroxylation is 1. The van der Waals surface area contributed by atoms with Crippen LogP contribution in [0.4, 0.5) is 14.7 Å². The zero-order chi connectivity index (χ0) is 18.1. The Hall–Kier alpha value is -2.00. The number of amides is 2. The molecule has 0 unspecified atom stereocenters. The number of imide groups is 1. The first kappa shape index (κ1) is 18.3. The van der Waals surface area contributed by atoms with Gasteiger partial charge in [0.1, 0.15) is 15.1 Å². The summed E-state index contributed by atoms with van der Waals surface area (Å²) in [5.41, 5.74) is 1.03. The fraction of sp³-hybridized carbons (Fsp3) is 0.333. The number of hydrogen-bond acceptors (Lipinski definition) is 6. The number of carboxylic acid groups (broad SMARTS) is 1. The van der Waals surface area contributed by atoms with Gasteiger partial charge in [-0.1, -0.05) is 17.4 Å². The molecule has 0 radical (unpaired) electrons. The maximum absolute atomic E-state index is 12.2. The van der Waals surface area contributed by atoms with Gasteiger partial charge in [0.05, 0.1) is 5.69 Å². The molecule has 9 heteroatoms. The molecule has 0 saturated carbocycles. The minimum absolute atomic E-state index is 0.0121. The first-order chi connectivity index (χ1) is 11.1. The number of anilines is 1. The molecule has 128 valence electrons. The van der Waals surface area contributed by atoms with Crippen molar-refractivity contribution in [1.29, 1.82) is 0 Å². The highest BCUT2D eigenvalue weighted by atomic mass is 79.9. The highest BCUT2D eigenvalue weighted by molar-refractivity contribution is 9.11. The molecule has 2 aromatic rings. The van der Waals surface area contributed by atoms with E-state index in [1.807, 2.05) is 19.1 Å². The van der Waals surface area contributed by atoms with Crippen LogP contribution in [0.25, 0.3) is 11.4 Å². The predicted octanol–water partition coefficient (Wildman–Crippen LogP) is 4.70. The Bertz CT molecular complexity index is 785. The monoisotopic (exact) mass is 413 g/mol. The largest absolute Gasteiger partial charge is 0.464 e. The van der Waals surface area contributed by atoms with Crippen LogP contribution in [0.5, 0.6) is 0 Å². The molecule has 0 aromatic carbocycles. The Kier molecular flexibility index (Phi) is 5.24. The topological polar surface area (TPSA) is 92.6 Å². The molecule has 0 aliphatic carbocycles. The van der Waals surface area contributed by atoms with Gasteiger partial charge in [0.25, 0.3) is 0 Å². The van der Waals surface area contributed by atoms with Crippen molar-refractivity contribution in [2.24, 2.45) is 0 Å². The summed E-state index contributed by atoms with van der Waals surface area (Å²) in [6, 6.07) is 5.43. The molecule has 2 aromatic heterocycles. The molecule has 0 fully saturated rings. The molecule has 2 amide bonds. The van der Waals surface area contributed by atoms with Gasteiger partial charge >= 0.3 is 12.2 Å². The van der Waals surface area contributed by atoms with Crippen molar-refractivity contribution in [3.8, 4) is 11.4 Å². The summed E-state index contributed by atoms with van der Waals surface area (Å²) < 4.78 is 5.71. The molecule has 2 rings (SSSR count). The molecule has 2 heterocycles. The molecule has 0 spiro atoms. The summed E-state index contributed by atoms with van der Waals surface area (Å²) in [6.07, 6.45) is -2.46. The van der Waals surface area contributed by atoms with E-state index in [0.717, 1.165) is 17.0 Å². The second-order valence-corrected chi connectivity index (χ2v) is 8.18. The minimum atomic E-state index is -1.46. The number of thiazole rings is 1. The van der Waals surface area contributed by atoms with Crippen LogP contribution in [-0.2, 0) is 4.74 Å². The molecule has 0 atom stereocenters. The molecule has 1 N–H and O–H groups in total. The third kappa shape index (κ3) is 4.30. The average Bonchev–Trinajstić information content (AvgIpc) is 2.77. The van der Waals surface area contributed by atoms with E-state index in [0.29, 0.717) is 20.1 Å². The van der Waals surface area contributed by atoms with E-state index in [4.69, 9.17) is 4.74 Å². The van der Waals surface area contributed by atoms with Crippen molar-refractivity contribution in [1.82, 2.24) is 9.97 Å². The highest BCUT2D eigenvalue weighted by Gasteiger charge is 2.32. The van der Waals surface area contributed by atoms with Crippen LogP contribution >= 0.6 is 27.3 Å². The van der Waals surface area contributed by atoms with Crippen LogP contribution < -0.4 is 4.90 Å². The van der Waals surface area contributed by atoms with E-state index < -0.39 is 17.8 Å². The normalized spacial score (nSPS) is 11.2. The minimum Gasteiger partial charge on any atom is -0.464 e. The molecule has 0 saturated heterocycles. The summed E-state index contributed by atoms with van der Waals surface area (Å²) in [6.45, 7) is 6.81. The first-order valence-corrected chi connectivity index (χ1v) is 8.56. The lowest BCUT2D eigenvalue weighted by Crippen LogP contribution is -2.40. The van der Waals surface area contributed by atoms with Crippen LogP contribution in [0.3, 0.4) is 0 Å². The van der Waals surface area contributed by atoms with Crippen LogP contribution in [0, 0.1) is 6.92 Å². The van der Waals surface area contributed by atoms with Crippen molar-refractivity contribution in [2.75, 3.05) is 4.90 Å². The Morgan fingerprint density at radius 3 is 2.50 bits per heavy atom. The van der Waals surface area contributed by atoms with Gasteiger partial charge in [-0.05, 0) is 55.8 Å². The Labute approximate surface area is 151 Å². The number of carbonyl (C=O) groups is 2. The Balaban J connectivity index is 2.41. The lowest BCUT2D eigenvalue weighted by molar-refractivity contribution is 0.0582. The van der Waals surface area contributed by atoms with Crippen molar-refractivity contribution >= 4 is 44.6 Å². The fourth-order valence-corrected chi connectivity index (χ4v) is 3.28. The number of pyridine rings is 1. The number of aromatic nitrogens is 2. The number of carbonyl (C=O) groups excluding carboxylic acids is 1. The summed E-state index contributed by atoms with van der Waals surface area (Å²) in [5.74, 6) is 0. The quantitative estimate of drug-likeness (QED) is 0.766. The lowest BCUT2D eigenvalue weighted by Gasteiger charge is -2.22. The van der Waals surface area contributed by atoms with Crippen LogP contribution in [0.2, 0.25) is 0 Å². The van der Waals surface area contributed by atoms with Gasteiger partial charge in [-0.15, -0.1) is 0 Å². The van der Waals surface area contributed by atoms with E-state index in [1.54, 1.807) is 26.8 Å².